The highest BCUT2D eigenvalue weighted by Gasteiger charge is 1.94. The Labute approximate surface area is 184 Å². The smallest absolute Gasteiger partial charge is 0.00950 e. The largest absolute Gasteiger partial charge is 0.269 e. The lowest BCUT2D eigenvalue weighted by Gasteiger charge is -2.09. The molecule has 0 aliphatic carbocycles. The highest BCUT2D eigenvalue weighted by Crippen LogP contribution is 1.96. The van der Waals surface area contributed by atoms with Crippen LogP contribution < -0.4 is 0 Å². The first-order valence-electron chi connectivity index (χ1n) is 9.69. The standard InChI is InChI=1S/3C6H14NS.3FH/c3*1-3-5-7(8)6-4-2;;;/h3*3-6H2,1-2H3;3*1H. The summed E-state index contributed by atoms with van der Waals surface area (Å²) in [4.78, 5) is 0. The SMILES string of the molecule is CCCN([S])CCC.CCCN([S])CCC.CCCN([S])CCC.F.F.F. The molecular formula is C18H45F3N3S3. The molecule has 0 atom stereocenters. The number of halogens is 3. The Kier molecular flexibility index (Phi) is 58.2. The predicted octanol–water partition coefficient (Wildman–Crippen LogP) is 7.12. The summed E-state index contributed by atoms with van der Waals surface area (Å²) >= 11 is 14.9. The molecule has 9 heteroatoms. The highest BCUT2D eigenvalue weighted by molar-refractivity contribution is 7.78. The van der Waals surface area contributed by atoms with Gasteiger partial charge in [0.1, 0.15) is 0 Å². The molecule has 171 valence electrons. The molecule has 0 aromatic carbocycles. The van der Waals surface area contributed by atoms with Gasteiger partial charge in [-0.1, -0.05) is 41.5 Å². The normalized spacial score (nSPS) is 9.33. The molecule has 0 rings (SSSR count). The monoisotopic (exact) mass is 456 g/mol. The van der Waals surface area contributed by atoms with Gasteiger partial charge in [0, 0.05) is 77.7 Å². The van der Waals surface area contributed by atoms with Gasteiger partial charge in [0.25, 0.3) is 0 Å². The second-order valence-electron chi connectivity index (χ2n) is 5.79. The lowest BCUT2D eigenvalue weighted by atomic mass is 10.4. The van der Waals surface area contributed by atoms with E-state index in [1.54, 1.807) is 0 Å². The minimum absolute atomic E-state index is 0. The Morgan fingerprint density at radius 3 is 0.556 bits per heavy atom. The van der Waals surface area contributed by atoms with Crippen LogP contribution in [-0.2, 0) is 0 Å². The maximum atomic E-state index is 4.97. The van der Waals surface area contributed by atoms with Gasteiger partial charge < -0.3 is 0 Å². The van der Waals surface area contributed by atoms with E-state index in [1.165, 1.54) is 38.5 Å². The molecule has 0 saturated carbocycles. The van der Waals surface area contributed by atoms with Crippen molar-refractivity contribution in [3.05, 3.63) is 0 Å². The predicted molar refractivity (Wildman–Crippen MR) is 127 cm³/mol. The van der Waals surface area contributed by atoms with E-state index in [-0.39, 0.29) is 14.1 Å². The molecule has 27 heavy (non-hydrogen) atoms. The van der Waals surface area contributed by atoms with Crippen molar-refractivity contribution in [2.75, 3.05) is 39.3 Å². The zero-order valence-electron chi connectivity index (χ0n) is 18.3. The molecule has 0 saturated heterocycles. The van der Waals surface area contributed by atoms with Crippen LogP contribution in [0.15, 0.2) is 0 Å². The van der Waals surface area contributed by atoms with Crippen molar-refractivity contribution in [1.29, 1.82) is 0 Å². The fourth-order valence-corrected chi connectivity index (χ4v) is 2.93. The number of hydrogen-bond donors (Lipinski definition) is 0. The molecular weight excluding hydrogens is 411 g/mol. The molecule has 0 unspecified atom stereocenters. The Morgan fingerprint density at radius 1 is 0.370 bits per heavy atom. The molecule has 0 aromatic rings. The fraction of sp³-hybridized carbons (Fsp3) is 1.00. The summed E-state index contributed by atoms with van der Waals surface area (Å²) in [6.07, 6.45) is 7.02. The van der Waals surface area contributed by atoms with Crippen molar-refractivity contribution < 1.29 is 14.1 Å². The van der Waals surface area contributed by atoms with Gasteiger partial charge in [-0.2, -0.15) is 0 Å². The van der Waals surface area contributed by atoms with Crippen LogP contribution in [-0.4, -0.2) is 52.2 Å². The van der Waals surface area contributed by atoms with E-state index in [9.17, 15) is 0 Å². The third-order valence-electron chi connectivity index (χ3n) is 2.84. The van der Waals surface area contributed by atoms with Crippen molar-refractivity contribution >= 4 is 38.4 Å². The molecule has 0 aliphatic rings. The quantitative estimate of drug-likeness (QED) is 0.309. The van der Waals surface area contributed by atoms with Gasteiger partial charge in [0.05, 0.1) is 0 Å². The van der Waals surface area contributed by atoms with E-state index in [1.807, 2.05) is 12.9 Å². The van der Waals surface area contributed by atoms with Crippen molar-refractivity contribution in [3.8, 4) is 0 Å². The van der Waals surface area contributed by atoms with Gasteiger partial charge in [0.15, 0.2) is 0 Å². The van der Waals surface area contributed by atoms with Crippen LogP contribution in [0.4, 0.5) is 14.1 Å². The first-order valence-corrected chi connectivity index (χ1v) is 10.8. The summed E-state index contributed by atoms with van der Waals surface area (Å²) in [5.41, 5.74) is 0. The van der Waals surface area contributed by atoms with Gasteiger partial charge in [-0.15, -0.1) is 0 Å². The lowest BCUT2D eigenvalue weighted by molar-refractivity contribution is 0.473. The minimum atomic E-state index is 0. The van der Waals surface area contributed by atoms with E-state index < -0.39 is 0 Å². The number of rotatable bonds is 12. The molecule has 0 fully saturated rings. The van der Waals surface area contributed by atoms with Crippen molar-refractivity contribution in [3.63, 3.8) is 0 Å². The van der Waals surface area contributed by atoms with Gasteiger partial charge in [-0.3, -0.25) is 14.1 Å². The molecule has 0 aromatic heterocycles. The van der Waals surface area contributed by atoms with Crippen molar-refractivity contribution in [2.24, 2.45) is 0 Å². The molecule has 0 N–H and O–H groups in total. The minimum Gasteiger partial charge on any atom is -0.269 e. The second kappa shape index (κ2) is 37.5. The summed E-state index contributed by atoms with van der Waals surface area (Å²) in [5, 5.41) is 0. The van der Waals surface area contributed by atoms with Gasteiger partial charge >= 0.3 is 0 Å². The third kappa shape index (κ3) is 46.6. The van der Waals surface area contributed by atoms with Gasteiger partial charge in [-0.05, 0) is 38.5 Å². The van der Waals surface area contributed by atoms with E-state index >= 15 is 0 Å². The van der Waals surface area contributed by atoms with Crippen LogP contribution in [0.3, 0.4) is 0 Å². The molecule has 0 heterocycles. The molecule has 0 aliphatic heterocycles. The van der Waals surface area contributed by atoms with Crippen LogP contribution in [0.2, 0.25) is 0 Å². The third-order valence-corrected chi connectivity index (χ3v) is 3.93. The summed E-state index contributed by atoms with van der Waals surface area (Å²) in [6, 6.07) is 0. The molecule has 3 nitrogen and oxygen atoms in total. The molecule has 0 amide bonds. The van der Waals surface area contributed by atoms with E-state index in [2.05, 4.69) is 41.5 Å². The average Bonchev–Trinajstić information content (AvgIpc) is 2.50. The maximum Gasteiger partial charge on any atom is 0.00950 e. The number of nitrogens with zero attached hydrogens (tertiary/aromatic N) is 3. The van der Waals surface area contributed by atoms with E-state index in [0.29, 0.717) is 0 Å². The first-order chi connectivity index (χ1) is 11.4. The molecule has 0 bridgehead atoms. The zero-order valence-corrected chi connectivity index (χ0v) is 20.7. The van der Waals surface area contributed by atoms with E-state index in [4.69, 9.17) is 38.4 Å². The zero-order chi connectivity index (χ0) is 19.2. The fourth-order valence-electron chi connectivity index (χ4n) is 1.83. The second-order valence-corrected chi connectivity index (χ2v) is 7.34. The summed E-state index contributed by atoms with van der Waals surface area (Å²) in [6.45, 7) is 19.2. The van der Waals surface area contributed by atoms with Crippen LogP contribution in [0.25, 0.3) is 0 Å². The van der Waals surface area contributed by atoms with Gasteiger partial charge in [-0.25, -0.2) is 12.9 Å². The topological polar surface area (TPSA) is 9.72 Å². The van der Waals surface area contributed by atoms with Crippen LogP contribution in [0, 0.1) is 0 Å². The van der Waals surface area contributed by atoms with Crippen molar-refractivity contribution in [1.82, 2.24) is 12.9 Å². The Bertz CT molecular complexity index is 172. The highest BCUT2D eigenvalue weighted by atomic mass is 32.1. The summed E-state index contributed by atoms with van der Waals surface area (Å²) in [5.74, 6) is 0. The van der Waals surface area contributed by atoms with Crippen molar-refractivity contribution in [2.45, 2.75) is 80.1 Å². The van der Waals surface area contributed by atoms with Crippen LogP contribution >= 0.6 is 38.4 Å². The van der Waals surface area contributed by atoms with Gasteiger partial charge in [0.2, 0.25) is 0 Å². The van der Waals surface area contributed by atoms with E-state index in [0.717, 1.165) is 39.3 Å². The molecule has 0 spiro atoms. The van der Waals surface area contributed by atoms with Crippen LogP contribution in [0.5, 0.6) is 0 Å². The Balaban J connectivity index is -0.0000000580. The lowest BCUT2D eigenvalue weighted by Crippen LogP contribution is -2.13. The molecule has 3 radical (unpaired) electrons. The maximum absolute atomic E-state index is 4.97. The number of hydrogen-bond acceptors (Lipinski definition) is 3. The van der Waals surface area contributed by atoms with Crippen LogP contribution in [0.1, 0.15) is 80.1 Å². The average molecular weight is 457 g/mol. The first kappa shape index (κ1) is 42.0. The summed E-state index contributed by atoms with van der Waals surface area (Å²) < 4.78 is 5.83. The Hall–Kier alpha value is 0.720. The summed E-state index contributed by atoms with van der Waals surface area (Å²) in [7, 11) is 0. The Morgan fingerprint density at radius 2 is 0.481 bits per heavy atom.